The van der Waals surface area contributed by atoms with Gasteiger partial charge in [-0.25, -0.2) is 0 Å². The van der Waals surface area contributed by atoms with Crippen LogP contribution >= 0.6 is 0 Å². The average molecular weight is 420 g/mol. The summed E-state index contributed by atoms with van der Waals surface area (Å²) in [6.45, 7) is 9.24. The standard InChI is InChI=1S/C30H29NO/c1-29(2,21-13-7-5-8-14-21)23-19-20-26-28(31-24-17-11-12-18-25(24)32-26)27(23)30(3,4)22-15-9-6-10-16-22/h5-20,31H,1-4H3. The summed E-state index contributed by atoms with van der Waals surface area (Å²) in [5, 5.41) is 3.72. The molecule has 32 heavy (non-hydrogen) atoms. The van der Waals surface area contributed by atoms with E-state index in [1.807, 2.05) is 18.2 Å². The van der Waals surface area contributed by atoms with Gasteiger partial charge in [-0.2, -0.15) is 0 Å². The largest absolute Gasteiger partial charge is 0.453 e. The van der Waals surface area contributed by atoms with Gasteiger partial charge in [-0.05, 0) is 40.5 Å². The smallest absolute Gasteiger partial charge is 0.151 e. The van der Waals surface area contributed by atoms with Crippen molar-refractivity contribution in [2.24, 2.45) is 0 Å². The molecule has 0 bridgehead atoms. The highest BCUT2D eigenvalue weighted by Crippen LogP contribution is 2.52. The molecule has 4 aromatic rings. The Hall–Kier alpha value is -3.52. The Morgan fingerprint density at radius 1 is 0.562 bits per heavy atom. The van der Waals surface area contributed by atoms with Gasteiger partial charge in [0.25, 0.3) is 0 Å². The van der Waals surface area contributed by atoms with Crippen molar-refractivity contribution in [3.05, 3.63) is 119 Å². The minimum atomic E-state index is -0.239. The van der Waals surface area contributed by atoms with E-state index in [4.69, 9.17) is 4.74 Å². The maximum Gasteiger partial charge on any atom is 0.151 e. The van der Waals surface area contributed by atoms with E-state index in [1.165, 1.54) is 22.3 Å². The van der Waals surface area contributed by atoms with Crippen LogP contribution in [0.5, 0.6) is 11.5 Å². The minimum absolute atomic E-state index is 0.184. The van der Waals surface area contributed by atoms with Crippen molar-refractivity contribution in [1.82, 2.24) is 0 Å². The molecule has 1 aliphatic heterocycles. The second kappa shape index (κ2) is 7.56. The number of para-hydroxylation sites is 2. The van der Waals surface area contributed by atoms with Gasteiger partial charge in [0.05, 0.1) is 11.4 Å². The van der Waals surface area contributed by atoms with Crippen LogP contribution in [0.3, 0.4) is 0 Å². The van der Waals surface area contributed by atoms with Gasteiger partial charge < -0.3 is 10.1 Å². The minimum Gasteiger partial charge on any atom is -0.453 e. The van der Waals surface area contributed by atoms with Crippen LogP contribution < -0.4 is 10.1 Å². The van der Waals surface area contributed by atoms with Crippen molar-refractivity contribution >= 4 is 11.4 Å². The van der Waals surface area contributed by atoms with E-state index in [0.29, 0.717) is 0 Å². The van der Waals surface area contributed by atoms with Gasteiger partial charge in [0.1, 0.15) is 0 Å². The molecule has 0 aliphatic carbocycles. The van der Waals surface area contributed by atoms with Crippen molar-refractivity contribution in [1.29, 1.82) is 0 Å². The first-order valence-electron chi connectivity index (χ1n) is 11.2. The molecule has 2 heteroatoms. The quantitative estimate of drug-likeness (QED) is 0.317. The van der Waals surface area contributed by atoms with Crippen molar-refractivity contribution < 1.29 is 4.74 Å². The molecule has 5 rings (SSSR count). The fraction of sp³-hybridized carbons (Fsp3) is 0.200. The van der Waals surface area contributed by atoms with Crippen molar-refractivity contribution in [2.75, 3.05) is 5.32 Å². The summed E-state index contributed by atoms with van der Waals surface area (Å²) in [4.78, 5) is 0. The van der Waals surface area contributed by atoms with E-state index in [9.17, 15) is 0 Å². The molecule has 0 radical (unpaired) electrons. The number of anilines is 2. The van der Waals surface area contributed by atoms with Gasteiger partial charge in [-0.15, -0.1) is 0 Å². The zero-order valence-corrected chi connectivity index (χ0v) is 19.1. The monoisotopic (exact) mass is 419 g/mol. The Bertz CT molecular complexity index is 1260. The van der Waals surface area contributed by atoms with E-state index in [-0.39, 0.29) is 10.8 Å². The van der Waals surface area contributed by atoms with Crippen LogP contribution in [-0.4, -0.2) is 0 Å². The zero-order chi connectivity index (χ0) is 22.3. The van der Waals surface area contributed by atoms with Crippen LogP contribution in [0.15, 0.2) is 97.1 Å². The highest BCUT2D eigenvalue weighted by molar-refractivity contribution is 5.81. The Morgan fingerprint density at radius 2 is 1.12 bits per heavy atom. The van der Waals surface area contributed by atoms with E-state index < -0.39 is 0 Å². The van der Waals surface area contributed by atoms with E-state index in [0.717, 1.165) is 22.9 Å². The van der Waals surface area contributed by atoms with Gasteiger partial charge in [-0.1, -0.05) is 107 Å². The molecule has 1 N–H and O–H groups in total. The molecule has 1 heterocycles. The lowest BCUT2D eigenvalue weighted by atomic mass is 9.67. The Morgan fingerprint density at radius 3 is 1.78 bits per heavy atom. The van der Waals surface area contributed by atoms with E-state index >= 15 is 0 Å². The van der Waals surface area contributed by atoms with Crippen molar-refractivity contribution in [2.45, 2.75) is 38.5 Å². The van der Waals surface area contributed by atoms with Crippen LogP contribution in [0.25, 0.3) is 0 Å². The third kappa shape index (κ3) is 3.27. The molecule has 0 aromatic heterocycles. The van der Waals surface area contributed by atoms with Crippen LogP contribution in [0.4, 0.5) is 11.4 Å². The summed E-state index contributed by atoms with van der Waals surface area (Å²) in [6.07, 6.45) is 0. The molecule has 0 spiro atoms. The Balaban J connectivity index is 1.78. The number of rotatable bonds is 4. The lowest BCUT2D eigenvalue weighted by Crippen LogP contribution is -2.29. The topological polar surface area (TPSA) is 21.3 Å². The number of benzene rings is 4. The number of fused-ring (bicyclic) bond motifs is 2. The summed E-state index contributed by atoms with van der Waals surface area (Å²) in [7, 11) is 0. The average Bonchev–Trinajstić information content (AvgIpc) is 2.83. The molecule has 0 fully saturated rings. The third-order valence-electron chi connectivity index (χ3n) is 6.82. The maximum absolute atomic E-state index is 6.36. The van der Waals surface area contributed by atoms with Gasteiger partial charge in [0, 0.05) is 10.8 Å². The van der Waals surface area contributed by atoms with Crippen molar-refractivity contribution in [3.63, 3.8) is 0 Å². The molecule has 0 amide bonds. The zero-order valence-electron chi connectivity index (χ0n) is 19.1. The fourth-order valence-corrected chi connectivity index (χ4v) is 4.88. The number of hydrogen-bond acceptors (Lipinski definition) is 2. The third-order valence-corrected chi connectivity index (χ3v) is 6.82. The molecule has 0 saturated carbocycles. The Labute approximate surface area is 190 Å². The molecular weight excluding hydrogens is 390 g/mol. The lowest BCUT2D eigenvalue weighted by Gasteiger charge is -2.38. The predicted octanol–water partition coefficient (Wildman–Crippen LogP) is 8.19. The van der Waals surface area contributed by atoms with Crippen LogP contribution in [-0.2, 0) is 10.8 Å². The highest BCUT2D eigenvalue weighted by Gasteiger charge is 2.37. The lowest BCUT2D eigenvalue weighted by molar-refractivity contribution is 0.476. The summed E-state index contributed by atoms with van der Waals surface area (Å²) < 4.78 is 6.36. The first kappa shape index (κ1) is 20.4. The van der Waals surface area contributed by atoms with Crippen molar-refractivity contribution in [3.8, 4) is 11.5 Å². The molecule has 0 unspecified atom stereocenters. The summed E-state index contributed by atoms with van der Waals surface area (Å²) in [5.41, 5.74) is 6.77. The maximum atomic E-state index is 6.36. The molecular formula is C30H29NO. The first-order chi connectivity index (χ1) is 15.4. The highest BCUT2D eigenvalue weighted by atomic mass is 16.5. The van der Waals surface area contributed by atoms with E-state index in [2.05, 4.69) is 112 Å². The van der Waals surface area contributed by atoms with Crippen LogP contribution in [0.1, 0.15) is 49.9 Å². The van der Waals surface area contributed by atoms with Gasteiger partial charge in [0.2, 0.25) is 0 Å². The molecule has 2 nitrogen and oxygen atoms in total. The first-order valence-corrected chi connectivity index (χ1v) is 11.2. The van der Waals surface area contributed by atoms with Gasteiger partial charge in [0.15, 0.2) is 11.5 Å². The number of hydrogen-bond donors (Lipinski definition) is 1. The number of nitrogens with one attached hydrogen (secondary N) is 1. The summed E-state index contributed by atoms with van der Waals surface area (Å²) in [6, 6.07) is 34.0. The molecule has 160 valence electrons. The van der Waals surface area contributed by atoms with Crippen LogP contribution in [0.2, 0.25) is 0 Å². The number of ether oxygens (including phenoxy) is 1. The van der Waals surface area contributed by atoms with Crippen LogP contribution in [0, 0.1) is 0 Å². The second-order valence-electron chi connectivity index (χ2n) is 9.57. The SMILES string of the molecule is CC(C)(c1ccccc1)c1ccc2c(c1C(C)(C)c1ccccc1)Nc1ccccc1O2. The fourth-order valence-electron chi connectivity index (χ4n) is 4.88. The predicted molar refractivity (Wildman–Crippen MR) is 133 cm³/mol. The second-order valence-corrected chi connectivity index (χ2v) is 9.57. The molecule has 0 saturated heterocycles. The summed E-state index contributed by atoms with van der Waals surface area (Å²) >= 11 is 0. The Kier molecular flexibility index (Phi) is 4.82. The summed E-state index contributed by atoms with van der Waals surface area (Å²) in [5.74, 6) is 1.73. The molecule has 1 aliphatic rings. The van der Waals surface area contributed by atoms with Gasteiger partial charge >= 0.3 is 0 Å². The van der Waals surface area contributed by atoms with E-state index in [1.54, 1.807) is 0 Å². The van der Waals surface area contributed by atoms with Gasteiger partial charge in [-0.3, -0.25) is 0 Å². The molecule has 4 aromatic carbocycles. The normalized spacial score (nSPS) is 12.9. The molecule has 0 atom stereocenters.